The van der Waals surface area contributed by atoms with E-state index in [1.165, 1.54) is 0 Å². The monoisotopic (exact) mass is 440 g/mol. The smallest absolute Gasteiger partial charge is 0.224 e. The first kappa shape index (κ1) is 21.7. The number of ether oxygens (including phenoxy) is 2. The number of aromatic nitrogens is 2. The van der Waals surface area contributed by atoms with E-state index >= 15 is 0 Å². The van der Waals surface area contributed by atoms with Gasteiger partial charge in [-0.05, 0) is 49.9 Å². The Morgan fingerprint density at radius 3 is 2.52 bits per heavy atom. The van der Waals surface area contributed by atoms with Gasteiger partial charge in [-0.3, -0.25) is 0 Å². The van der Waals surface area contributed by atoms with Gasteiger partial charge < -0.3 is 19.7 Å². The van der Waals surface area contributed by atoms with Crippen molar-refractivity contribution < 1.29 is 9.47 Å². The summed E-state index contributed by atoms with van der Waals surface area (Å²) < 4.78 is 11.6. The third-order valence-corrected chi connectivity index (χ3v) is 5.96. The summed E-state index contributed by atoms with van der Waals surface area (Å²) >= 11 is 6.26. The highest BCUT2D eigenvalue weighted by Crippen LogP contribution is 2.36. The van der Waals surface area contributed by atoms with Crippen molar-refractivity contribution in [2.24, 2.45) is 0 Å². The van der Waals surface area contributed by atoms with E-state index in [4.69, 9.17) is 21.1 Å². The van der Waals surface area contributed by atoms with E-state index in [1.807, 2.05) is 42.5 Å². The molecule has 1 aliphatic heterocycles. The van der Waals surface area contributed by atoms with Crippen LogP contribution in [0.2, 0.25) is 5.28 Å². The molecule has 4 rings (SSSR count). The molecule has 0 bridgehead atoms. The summed E-state index contributed by atoms with van der Waals surface area (Å²) in [6.07, 6.45) is 2.13. The Kier molecular flexibility index (Phi) is 6.78. The first-order valence-electron chi connectivity index (χ1n) is 10.8. The van der Waals surface area contributed by atoms with Gasteiger partial charge in [0.25, 0.3) is 0 Å². The van der Waals surface area contributed by atoms with Crippen molar-refractivity contribution in [1.29, 1.82) is 0 Å². The van der Waals surface area contributed by atoms with Crippen molar-refractivity contribution in [2.75, 3.05) is 25.5 Å². The van der Waals surface area contributed by atoms with Crippen LogP contribution in [0.4, 0.5) is 5.82 Å². The zero-order valence-corrected chi connectivity index (χ0v) is 19.0. The minimum atomic E-state index is 0.216. The first-order valence-corrected chi connectivity index (χ1v) is 11.1. The Morgan fingerprint density at radius 2 is 1.84 bits per heavy atom. The number of nitrogens with zero attached hydrogens (tertiary/aromatic N) is 3. The number of rotatable bonds is 7. The molecule has 0 aliphatic carbocycles. The van der Waals surface area contributed by atoms with Gasteiger partial charge in [0, 0.05) is 36.6 Å². The van der Waals surface area contributed by atoms with Crippen molar-refractivity contribution in [3.05, 3.63) is 53.3 Å². The second kappa shape index (κ2) is 9.71. The zero-order valence-electron chi connectivity index (χ0n) is 18.3. The normalized spacial score (nSPS) is 15.4. The van der Waals surface area contributed by atoms with E-state index in [1.54, 1.807) is 7.11 Å². The Morgan fingerprint density at radius 1 is 1.10 bits per heavy atom. The lowest BCUT2D eigenvalue weighted by Crippen LogP contribution is -2.42. The second-order valence-electron chi connectivity index (χ2n) is 8.18. The van der Waals surface area contributed by atoms with E-state index in [9.17, 15) is 0 Å². The molecule has 1 fully saturated rings. The maximum absolute atomic E-state index is 6.26. The fraction of sp³-hybridized carbons (Fsp3) is 0.417. The van der Waals surface area contributed by atoms with Gasteiger partial charge in [0.1, 0.15) is 12.4 Å². The van der Waals surface area contributed by atoms with Gasteiger partial charge in [-0.25, -0.2) is 9.97 Å². The number of methoxy groups -OCH3 is 1. The molecule has 2 heterocycles. The van der Waals surface area contributed by atoms with Crippen LogP contribution in [-0.4, -0.2) is 47.2 Å². The summed E-state index contributed by atoms with van der Waals surface area (Å²) in [6.45, 7) is 7.09. The molecule has 0 spiro atoms. The predicted octanol–water partition coefficient (Wildman–Crippen LogP) is 5.16. The zero-order chi connectivity index (χ0) is 21.8. The molecule has 0 atom stereocenters. The molecule has 0 radical (unpaired) electrons. The third kappa shape index (κ3) is 5.20. The summed E-state index contributed by atoms with van der Waals surface area (Å²) in [4.78, 5) is 11.4. The highest BCUT2D eigenvalue weighted by atomic mass is 35.5. The summed E-state index contributed by atoms with van der Waals surface area (Å²) in [7, 11) is 1.64. The SMILES string of the molecule is COc1cc2c(NC3CCN(C(C)C)CC3)nc(Cl)nc2cc1OCc1ccccc1. The highest BCUT2D eigenvalue weighted by Gasteiger charge is 2.22. The molecule has 6 nitrogen and oxygen atoms in total. The molecule has 164 valence electrons. The third-order valence-electron chi connectivity index (χ3n) is 5.79. The average molecular weight is 441 g/mol. The van der Waals surface area contributed by atoms with E-state index < -0.39 is 0 Å². The van der Waals surface area contributed by atoms with Crippen LogP contribution < -0.4 is 14.8 Å². The van der Waals surface area contributed by atoms with Crippen molar-refractivity contribution in [2.45, 2.75) is 45.4 Å². The molecule has 1 saturated heterocycles. The molecular formula is C24H29ClN4O2. The number of hydrogen-bond donors (Lipinski definition) is 1. The van der Waals surface area contributed by atoms with E-state index in [-0.39, 0.29) is 5.28 Å². The maximum atomic E-state index is 6.26. The molecule has 1 aliphatic rings. The number of halogens is 1. The second-order valence-corrected chi connectivity index (χ2v) is 8.52. The van der Waals surface area contributed by atoms with Crippen molar-refractivity contribution in [3.8, 4) is 11.5 Å². The van der Waals surface area contributed by atoms with Crippen LogP contribution in [0.5, 0.6) is 11.5 Å². The number of nitrogens with one attached hydrogen (secondary N) is 1. The van der Waals surface area contributed by atoms with Crippen molar-refractivity contribution in [3.63, 3.8) is 0 Å². The van der Waals surface area contributed by atoms with Gasteiger partial charge in [0.2, 0.25) is 5.28 Å². The van der Waals surface area contributed by atoms with E-state index in [0.717, 1.165) is 48.2 Å². The molecule has 31 heavy (non-hydrogen) atoms. The van der Waals surface area contributed by atoms with Crippen molar-refractivity contribution in [1.82, 2.24) is 14.9 Å². The Hall–Kier alpha value is -2.57. The van der Waals surface area contributed by atoms with Gasteiger partial charge in [-0.1, -0.05) is 30.3 Å². The minimum Gasteiger partial charge on any atom is -0.493 e. The standard InChI is InChI=1S/C24H29ClN4O2/c1-16(2)29-11-9-18(10-12-29)26-23-19-13-21(30-3)22(14-20(19)27-24(25)28-23)31-15-17-7-5-4-6-8-17/h4-8,13-14,16,18H,9-12,15H2,1-3H3,(H,26,27,28). The summed E-state index contributed by atoms with van der Waals surface area (Å²) in [5.41, 5.74) is 1.81. The maximum Gasteiger partial charge on any atom is 0.224 e. The van der Waals surface area contributed by atoms with Crippen molar-refractivity contribution >= 4 is 28.3 Å². The average Bonchev–Trinajstić information content (AvgIpc) is 2.78. The lowest BCUT2D eigenvalue weighted by molar-refractivity contribution is 0.177. The largest absolute Gasteiger partial charge is 0.493 e. The van der Waals surface area contributed by atoms with Crippen LogP contribution in [0.3, 0.4) is 0 Å². The molecule has 3 aromatic rings. The van der Waals surface area contributed by atoms with Gasteiger partial charge in [0.15, 0.2) is 11.5 Å². The van der Waals surface area contributed by atoms with Gasteiger partial charge in [0.05, 0.1) is 12.6 Å². The van der Waals surface area contributed by atoms with Gasteiger partial charge >= 0.3 is 0 Å². The fourth-order valence-electron chi connectivity index (χ4n) is 3.98. The van der Waals surface area contributed by atoms with Gasteiger partial charge in [-0.15, -0.1) is 0 Å². The van der Waals surface area contributed by atoms with Crippen LogP contribution in [0.15, 0.2) is 42.5 Å². The topological polar surface area (TPSA) is 59.5 Å². The number of anilines is 1. The Bertz CT molecular complexity index is 1020. The van der Waals surface area contributed by atoms with Crippen LogP contribution >= 0.6 is 11.6 Å². The van der Waals surface area contributed by atoms with Crippen LogP contribution in [0, 0.1) is 0 Å². The highest BCUT2D eigenvalue weighted by molar-refractivity contribution is 6.28. The number of piperidine rings is 1. The molecule has 7 heteroatoms. The number of benzene rings is 2. The molecule has 1 aromatic heterocycles. The lowest BCUT2D eigenvalue weighted by Gasteiger charge is -2.35. The molecule has 2 aromatic carbocycles. The molecule has 0 unspecified atom stereocenters. The molecule has 1 N–H and O–H groups in total. The fourth-order valence-corrected chi connectivity index (χ4v) is 4.16. The minimum absolute atomic E-state index is 0.216. The quantitative estimate of drug-likeness (QED) is 0.512. The lowest BCUT2D eigenvalue weighted by atomic mass is 10.0. The van der Waals surface area contributed by atoms with Crippen LogP contribution in [-0.2, 0) is 6.61 Å². The Balaban J connectivity index is 1.57. The Labute approximate surface area is 188 Å². The first-order chi connectivity index (χ1) is 15.0. The number of likely N-dealkylation sites (tertiary alicyclic amines) is 1. The summed E-state index contributed by atoms with van der Waals surface area (Å²) in [5.74, 6) is 2.02. The van der Waals surface area contributed by atoms with E-state index in [0.29, 0.717) is 30.2 Å². The summed E-state index contributed by atoms with van der Waals surface area (Å²) in [5, 5.41) is 4.69. The molecule has 0 amide bonds. The number of fused-ring (bicyclic) bond motifs is 1. The van der Waals surface area contributed by atoms with E-state index in [2.05, 4.69) is 34.0 Å². The van der Waals surface area contributed by atoms with Gasteiger partial charge in [-0.2, -0.15) is 0 Å². The number of hydrogen-bond acceptors (Lipinski definition) is 6. The predicted molar refractivity (Wildman–Crippen MR) is 125 cm³/mol. The van der Waals surface area contributed by atoms with Crippen LogP contribution in [0.25, 0.3) is 10.9 Å². The summed E-state index contributed by atoms with van der Waals surface area (Å²) in [6, 6.07) is 14.8. The molecular weight excluding hydrogens is 412 g/mol. The van der Waals surface area contributed by atoms with Crippen LogP contribution in [0.1, 0.15) is 32.3 Å². The molecule has 0 saturated carbocycles.